The number of aromatic amines is 1. The predicted octanol–water partition coefficient (Wildman–Crippen LogP) is 3.95. The fourth-order valence-electron chi connectivity index (χ4n) is 4.51. The van der Waals surface area contributed by atoms with Gasteiger partial charge in [0.2, 0.25) is 5.91 Å². The van der Waals surface area contributed by atoms with Crippen LogP contribution < -0.4 is 5.32 Å². The lowest BCUT2D eigenvalue weighted by Crippen LogP contribution is -2.42. The molecular weight excluding hydrogens is 424 g/mol. The Kier molecular flexibility index (Phi) is 6.72. The maximum absolute atomic E-state index is 13.0. The lowest BCUT2D eigenvalue weighted by atomic mass is 9.96. The second kappa shape index (κ2) is 10.4. The minimum absolute atomic E-state index is 0.0378. The van der Waals surface area contributed by atoms with E-state index < -0.39 is 0 Å². The molecule has 0 spiro atoms. The molecule has 2 aromatic heterocycles. The van der Waals surface area contributed by atoms with Crippen LogP contribution in [0.4, 0.5) is 0 Å². The summed E-state index contributed by atoms with van der Waals surface area (Å²) in [6.45, 7) is 2.09. The van der Waals surface area contributed by atoms with E-state index in [1.165, 1.54) is 0 Å². The summed E-state index contributed by atoms with van der Waals surface area (Å²) in [6.07, 6.45) is 5.38. The molecule has 0 aliphatic carbocycles. The van der Waals surface area contributed by atoms with Crippen molar-refractivity contribution in [2.75, 3.05) is 19.6 Å². The number of aromatic nitrogens is 4. The Bertz CT molecular complexity index is 1150. The minimum Gasteiger partial charge on any atom is -0.344 e. The first-order valence-electron chi connectivity index (χ1n) is 11.7. The third-order valence-electron chi connectivity index (χ3n) is 6.35. The van der Waals surface area contributed by atoms with Crippen molar-refractivity contribution in [2.45, 2.75) is 24.8 Å². The third kappa shape index (κ3) is 5.21. The molecule has 1 amide bonds. The highest BCUT2D eigenvalue weighted by Crippen LogP contribution is 2.27. The highest BCUT2D eigenvalue weighted by atomic mass is 16.2. The molecule has 4 aromatic rings. The number of rotatable bonds is 7. The molecule has 0 atom stereocenters. The van der Waals surface area contributed by atoms with Gasteiger partial charge in [-0.25, -0.2) is 4.98 Å². The zero-order chi connectivity index (χ0) is 23.2. The average Bonchev–Trinajstić information content (AvgIpc) is 3.40. The number of H-pyrrole nitrogens is 1. The predicted molar refractivity (Wildman–Crippen MR) is 131 cm³/mol. The molecule has 1 aliphatic rings. The Morgan fingerprint density at radius 2 is 1.56 bits per heavy atom. The summed E-state index contributed by atoms with van der Waals surface area (Å²) in [5.74, 6) is 1.98. The van der Waals surface area contributed by atoms with E-state index in [1.54, 1.807) is 12.4 Å². The molecule has 3 heterocycles. The van der Waals surface area contributed by atoms with Crippen LogP contribution in [0.15, 0.2) is 85.2 Å². The topological polar surface area (TPSA) is 86.8 Å². The Hall–Kier alpha value is -3.84. The zero-order valence-corrected chi connectivity index (χ0v) is 19.0. The first kappa shape index (κ1) is 22.0. The maximum Gasteiger partial charge on any atom is 0.234 e. The van der Waals surface area contributed by atoms with Crippen molar-refractivity contribution in [3.63, 3.8) is 0 Å². The first-order chi connectivity index (χ1) is 16.8. The monoisotopic (exact) mass is 452 g/mol. The van der Waals surface area contributed by atoms with Crippen molar-refractivity contribution < 1.29 is 4.79 Å². The van der Waals surface area contributed by atoms with Crippen molar-refractivity contribution in [3.05, 3.63) is 102 Å². The van der Waals surface area contributed by atoms with E-state index in [0.29, 0.717) is 18.3 Å². The van der Waals surface area contributed by atoms with E-state index in [9.17, 15) is 4.79 Å². The van der Waals surface area contributed by atoms with E-state index in [-0.39, 0.29) is 11.9 Å². The molecule has 172 valence electrons. The largest absolute Gasteiger partial charge is 0.344 e. The van der Waals surface area contributed by atoms with Crippen molar-refractivity contribution in [1.29, 1.82) is 0 Å². The Labute approximate surface area is 199 Å². The van der Waals surface area contributed by atoms with Crippen LogP contribution in [0.5, 0.6) is 0 Å². The van der Waals surface area contributed by atoms with E-state index in [2.05, 4.69) is 49.7 Å². The van der Waals surface area contributed by atoms with Gasteiger partial charge in [0.15, 0.2) is 5.82 Å². The summed E-state index contributed by atoms with van der Waals surface area (Å²) in [4.78, 5) is 24.0. The fourth-order valence-corrected chi connectivity index (χ4v) is 4.51. The molecule has 1 fully saturated rings. The van der Waals surface area contributed by atoms with Gasteiger partial charge in [0.1, 0.15) is 5.82 Å². The molecule has 1 aliphatic heterocycles. The second-order valence-corrected chi connectivity index (χ2v) is 8.65. The molecule has 2 aromatic carbocycles. The van der Waals surface area contributed by atoms with Crippen LogP contribution in [0.1, 0.15) is 41.8 Å². The van der Waals surface area contributed by atoms with E-state index >= 15 is 0 Å². The van der Waals surface area contributed by atoms with Crippen molar-refractivity contribution in [1.82, 2.24) is 30.4 Å². The van der Waals surface area contributed by atoms with Gasteiger partial charge in [0.25, 0.3) is 0 Å². The molecule has 0 unspecified atom stereocenters. The number of hydrogen-bond donors (Lipinski definition) is 2. The number of benzene rings is 2. The number of likely N-dealkylation sites (tertiary alicyclic amines) is 1. The van der Waals surface area contributed by atoms with Gasteiger partial charge in [0.05, 0.1) is 12.6 Å². The standard InChI is InChI=1S/C27H28N6O/c34-24(29-25(20-7-3-1-4-8-20)21-9-5-2-6-10-21)19-33-17-13-23(14-18-33)27-30-26(31-32-27)22-11-15-28-16-12-22/h1-12,15-16,23,25H,13-14,17-19H2,(H,29,34)(H,30,31,32). The van der Waals surface area contributed by atoms with Crippen LogP contribution >= 0.6 is 0 Å². The number of amides is 1. The Morgan fingerprint density at radius 3 is 2.18 bits per heavy atom. The normalized spacial score (nSPS) is 14.9. The van der Waals surface area contributed by atoms with Crippen LogP contribution in [0, 0.1) is 0 Å². The molecular formula is C27H28N6O. The lowest BCUT2D eigenvalue weighted by molar-refractivity contribution is -0.123. The summed E-state index contributed by atoms with van der Waals surface area (Å²) in [6, 6.07) is 23.9. The molecule has 34 heavy (non-hydrogen) atoms. The second-order valence-electron chi connectivity index (χ2n) is 8.65. The van der Waals surface area contributed by atoms with Gasteiger partial charge in [-0.05, 0) is 49.2 Å². The van der Waals surface area contributed by atoms with Gasteiger partial charge in [-0.15, -0.1) is 0 Å². The van der Waals surface area contributed by atoms with Crippen molar-refractivity contribution >= 4 is 5.91 Å². The van der Waals surface area contributed by atoms with Gasteiger partial charge in [0, 0.05) is 23.9 Å². The van der Waals surface area contributed by atoms with Gasteiger partial charge < -0.3 is 5.32 Å². The van der Waals surface area contributed by atoms with Crippen LogP contribution in [0.25, 0.3) is 11.4 Å². The summed E-state index contributed by atoms with van der Waals surface area (Å²) in [5, 5.41) is 10.7. The summed E-state index contributed by atoms with van der Waals surface area (Å²) >= 11 is 0. The SMILES string of the molecule is O=C(CN1CCC(c2nc(-c3ccncc3)n[nH]2)CC1)NC(c1ccccc1)c1ccccc1. The summed E-state index contributed by atoms with van der Waals surface area (Å²) < 4.78 is 0. The average molecular weight is 453 g/mol. The van der Waals surface area contributed by atoms with Gasteiger partial charge in [-0.1, -0.05) is 60.7 Å². The molecule has 5 rings (SSSR count). The van der Waals surface area contributed by atoms with Crippen LogP contribution in [0.2, 0.25) is 0 Å². The van der Waals surface area contributed by atoms with Gasteiger partial charge >= 0.3 is 0 Å². The van der Waals surface area contributed by atoms with Crippen molar-refractivity contribution in [3.8, 4) is 11.4 Å². The molecule has 7 heteroatoms. The molecule has 0 radical (unpaired) electrons. The summed E-state index contributed by atoms with van der Waals surface area (Å²) in [5.41, 5.74) is 3.12. The first-order valence-corrected chi connectivity index (χ1v) is 11.7. The minimum atomic E-state index is -0.159. The molecule has 2 N–H and O–H groups in total. The molecule has 0 bridgehead atoms. The van der Waals surface area contributed by atoms with E-state index in [1.807, 2.05) is 48.5 Å². The molecule has 7 nitrogen and oxygen atoms in total. The van der Waals surface area contributed by atoms with Gasteiger partial charge in [-0.3, -0.25) is 19.8 Å². The number of piperidine rings is 1. The zero-order valence-electron chi connectivity index (χ0n) is 19.0. The fraction of sp³-hybridized carbons (Fsp3) is 0.259. The third-order valence-corrected chi connectivity index (χ3v) is 6.35. The lowest BCUT2D eigenvalue weighted by Gasteiger charge is -2.31. The van der Waals surface area contributed by atoms with E-state index in [4.69, 9.17) is 4.98 Å². The van der Waals surface area contributed by atoms with Gasteiger partial charge in [-0.2, -0.15) is 5.10 Å². The molecule has 0 saturated carbocycles. The quantitative estimate of drug-likeness (QED) is 0.443. The molecule has 1 saturated heterocycles. The van der Waals surface area contributed by atoms with Crippen LogP contribution in [0.3, 0.4) is 0 Å². The van der Waals surface area contributed by atoms with E-state index in [0.717, 1.165) is 48.4 Å². The maximum atomic E-state index is 13.0. The van der Waals surface area contributed by atoms with Crippen LogP contribution in [-0.2, 0) is 4.79 Å². The number of hydrogen-bond acceptors (Lipinski definition) is 5. The number of pyridine rings is 1. The van der Waals surface area contributed by atoms with Crippen LogP contribution in [-0.4, -0.2) is 50.6 Å². The summed E-state index contributed by atoms with van der Waals surface area (Å²) in [7, 11) is 0. The number of nitrogens with zero attached hydrogens (tertiary/aromatic N) is 4. The Morgan fingerprint density at radius 1 is 0.941 bits per heavy atom. The Balaban J connectivity index is 1.18. The highest BCUT2D eigenvalue weighted by Gasteiger charge is 2.25. The van der Waals surface area contributed by atoms with Crippen molar-refractivity contribution in [2.24, 2.45) is 0 Å². The number of nitrogens with one attached hydrogen (secondary N) is 2. The highest BCUT2D eigenvalue weighted by molar-refractivity contribution is 5.79. The smallest absolute Gasteiger partial charge is 0.234 e. The number of carbonyl (C=O) groups excluding carboxylic acids is 1. The number of carbonyl (C=O) groups is 1.